The SMILES string of the molecule is CC(C)C(CN)OCC1CCCCO1. The lowest BCUT2D eigenvalue weighted by Crippen LogP contribution is -2.33. The van der Waals surface area contributed by atoms with Gasteiger partial charge in [0.1, 0.15) is 0 Å². The zero-order chi connectivity index (χ0) is 10.4. The molecule has 0 aromatic heterocycles. The third-order valence-electron chi connectivity index (χ3n) is 2.75. The summed E-state index contributed by atoms with van der Waals surface area (Å²) in [4.78, 5) is 0. The summed E-state index contributed by atoms with van der Waals surface area (Å²) in [5, 5.41) is 0. The summed E-state index contributed by atoms with van der Waals surface area (Å²) < 4.78 is 11.3. The molecule has 1 aliphatic rings. The molecular weight excluding hydrogens is 178 g/mol. The van der Waals surface area contributed by atoms with Gasteiger partial charge in [0.2, 0.25) is 0 Å². The van der Waals surface area contributed by atoms with Crippen molar-refractivity contribution in [1.82, 2.24) is 0 Å². The molecule has 0 saturated carbocycles. The Morgan fingerprint density at radius 3 is 2.71 bits per heavy atom. The van der Waals surface area contributed by atoms with Crippen molar-refractivity contribution in [2.45, 2.75) is 45.3 Å². The molecule has 3 nitrogen and oxygen atoms in total. The minimum atomic E-state index is 0.181. The number of rotatable bonds is 5. The van der Waals surface area contributed by atoms with Crippen molar-refractivity contribution in [3.8, 4) is 0 Å². The first-order valence-electron chi connectivity index (χ1n) is 5.67. The fourth-order valence-electron chi connectivity index (χ4n) is 1.70. The third kappa shape index (κ3) is 3.95. The molecule has 0 radical (unpaired) electrons. The normalized spacial score (nSPS) is 25.3. The van der Waals surface area contributed by atoms with E-state index in [1.165, 1.54) is 12.8 Å². The molecule has 1 rings (SSSR count). The molecule has 1 fully saturated rings. The van der Waals surface area contributed by atoms with Crippen LogP contribution in [0.2, 0.25) is 0 Å². The summed E-state index contributed by atoms with van der Waals surface area (Å²) in [5.74, 6) is 0.489. The van der Waals surface area contributed by atoms with Gasteiger partial charge in [0.05, 0.1) is 18.8 Å². The van der Waals surface area contributed by atoms with Gasteiger partial charge < -0.3 is 15.2 Å². The highest BCUT2D eigenvalue weighted by molar-refractivity contribution is 4.67. The van der Waals surface area contributed by atoms with Crippen molar-refractivity contribution in [3.05, 3.63) is 0 Å². The topological polar surface area (TPSA) is 44.5 Å². The van der Waals surface area contributed by atoms with Gasteiger partial charge in [-0.05, 0) is 25.2 Å². The van der Waals surface area contributed by atoms with Crippen LogP contribution in [0.5, 0.6) is 0 Å². The summed E-state index contributed by atoms with van der Waals surface area (Å²) in [5.41, 5.74) is 5.62. The first kappa shape index (κ1) is 12.0. The van der Waals surface area contributed by atoms with Crippen LogP contribution in [0.4, 0.5) is 0 Å². The summed E-state index contributed by atoms with van der Waals surface area (Å²) >= 11 is 0. The van der Waals surface area contributed by atoms with Crippen LogP contribution in [0.1, 0.15) is 33.1 Å². The van der Waals surface area contributed by atoms with Crippen LogP contribution in [0, 0.1) is 5.92 Å². The van der Waals surface area contributed by atoms with Gasteiger partial charge in [0, 0.05) is 13.2 Å². The smallest absolute Gasteiger partial charge is 0.0808 e. The average molecular weight is 201 g/mol. The van der Waals surface area contributed by atoms with Crippen molar-refractivity contribution >= 4 is 0 Å². The van der Waals surface area contributed by atoms with E-state index in [1.54, 1.807) is 0 Å². The molecule has 1 aliphatic heterocycles. The Morgan fingerprint density at radius 1 is 1.43 bits per heavy atom. The van der Waals surface area contributed by atoms with Crippen molar-refractivity contribution in [1.29, 1.82) is 0 Å². The quantitative estimate of drug-likeness (QED) is 0.734. The van der Waals surface area contributed by atoms with Crippen LogP contribution < -0.4 is 5.73 Å². The molecule has 0 spiro atoms. The number of ether oxygens (including phenoxy) is 2. The summed E-state index contributed by atoms with van der Waals surface area (Å²) in [6.45, 7) is 6.48. The second-order valence-corrected chi connectivity index (χ2v) is 4.34. The van der Waals surface area contributed by atoms with Crippen molar-refractivity contribution in [3.63, 3.8) is 0 Å². The molecule has 84 valence electrons. The molecule has 2 unspecified atom stereocenters. The second kappa shape index (κ2) is 6.38. The zero-order valence-corrected chi connectivity index (χ0v) is 9.37. The third-order valence-corrected chi connectivity index (χ3v) is 2.75. The fourth-order valence-corrected chi connectivity index (χ4v) is 1.70. The van der Waals surface area contributed by atoms with E-state index in [-0.39, 0.29) is 6.10 Å². The van der Waals surface area contributed by atoms with Crippen LogP contribution in [0.15, 0.2) is 0 Å². The summed E-state index contributed by atoms with van der Waals surface area (Å²) in [7, 11) is 0. The van der Waals surface area contributed by atoms with E-state index in [4.69, 9.17) is 15.2 Å². The molecule has 2 atom stereocenters. The molecule has 3 heteroatoms. The van der Waals surface area contributed by atoms with E-state index in [0.29, 0.717) is 25.2 Å². The second-order valence-electron chi connectivity index (χ2n) is 4.34. The average Bonchev–Trinajstić information content (AvgIpc) is 2.20. The van der Waals surface area contributed by atoms with Gasteiger partial charge in [0.15, 0.2) is 0 Å². The lowest BCUT2D eigenvalue weighted by atomic mass is 10.1. The Hall–Kier alpha value is -0.120. The number of nitrogens with two attached hydrogens (primary N) is 1. The van der Waals surface area contributed by atoms with E-state index in [9.17, 15) is 0 Å². The molecule has 2 N–H and O–H groups in total. The first-order valence-corrected chi connectivity index (χ1v) is 5.67. The Labute approximate surface area is 86.9 Å². The molecule has 0 aromatic carbocycles. The Bertz CT molecular complexity index is 144. The Morgan fingerprint density at radius 2 is 2.21 bits per heavy atom. The van der Waals surface area contributed by atoms with Crippen molar-refractivity contribution < 1.29 is 9.47 Å². The maximum Gasteiger partial charge on any atom is 0.0808 e. The van der Waals surface area contributed by atoms with Gasteiger partial charge in [-0.2, -0.15) is 0 Å². The molecule has 1 saturated heterocycles. The molecule has 1 heterocycles. The van der Waals surface area contributed by atoms with Crippen LogP contribution in [-0.2, 0) is 9.47 Å². The van der Waals surface area contributed by atoms with Gasteiger partial charge in [-0.15, -0.1) is 0 Å². The molecular formula is C11H23NO2. The van der Waals surface area contributed by atoms with E-state index in [0.717, 1.165) is 13.0 Å². The van der Waals surface area contributed by atoms with Gasteiger partial charge in [-0.1, -0.05) is 13.8 Å². The highest BCUT2D eigenvalue weighted by Crippen LogP contribution is 2.14. The minimum absolute atomic E-state index is 0.181. The van der Waals surface area contributed by atoms with E-state index >= 15 is 0 Å². The summed E-state index contributed by atoms with van der Waals surface area (Å²) in [6, 6.07) is 0. The van der Waals surface area contributed by atoms with Crippen LogP contribution >= 0.6 is 0 Å². The van der Waals surface area contributed by atoms with Gasteiger partial charge in [-0.25, -0.2) is 0 Å². The molecule has 0 amide bonds. The van der Waals surface area contributed by atoms with Crippen LogP contribution in [-0.4, -0.2) is 32.0 Å². The van der Waals surface area contributed by atoms with E-state index < -0.39 is 0 Å². The lowest BCUT2D eigenvalue weighted by Gasteiger charge is -2.26. The monoisotopic (exact) mass is 201 g/mol. The number of hydrogen-bond donors (Lipinski definition) is 1. The largest absolute Gasteiger partial charge is 0.376 e. The highest BCUT2D eigenvalue weighted by Gasteiger charge is 2.17. The molecule has 14 heavy (non-hydrogen) atoms. The van der Waals surface area contributed by atoms with Crippen LogP contribution in [0.3, 0.4) is 0 Å². The summed E-state index contributed by atoms with van der Waals surface area (Å²) in [6.07, 6.45) is 4.08. The maximum absolute atomic E-state index is 5.74. The predicted octanol–water partition coefficient (Wildman–Crippen LogP) is 1.56. The van der Waals surface area contributed by atoms with Crippen LogP contribution in [0.25, 0.3) is 0 Å². The van der Waals surface area contributed by atoms with E-state index in [1.807, 2.05) is 0 Å². The van der Waals surface area contributed by atoms with E-state index in [2.05, 4.69) is 13.8 Å². The Balaban J connectivity index is 2.16. The van der Waals surface area contributed by atoms with Crippen molar-refractivity contribution in [2.24, 2.45) is 11.7 Å². The fraction of sp³-hybridized carbons (Fsp3) is 1.00. The first-order chi connectivity index (χ1) is 6.74. The van der Waals surface area contributed by atoms with Gasteiger partial charge in [0.25, 0.3) is 0 Å². The van der Waals surface area contributed by atoms with Crippen molar-refractivity contribution in [2.75, 3.05) is 19.8 Å². The van der Waals surface area contributed by atoms with Gasteiger partial charge in [-0.3, -0.25) is 0 Å². The van der Waals surface area contributed by atoms with Gasteiger partial charge >= 0.3 is 0 Å². The predicted molar refractivity (Wildman–Crippen MR) is 57.2 cm³/mol. The Kier molecular flexibility index (Phi) is 5.45. The standard InChI is InChI=1S/C11H23NO2/c1-9(2)11(7-12)14-8-10-5-3-4-6-13-10/h9-11H,3-8,12H2,1-2H3. The minimum Gasteiger partial charge on any atom is -0.376 e. The molecule has 0 aromatic rings. The maximum atomic E-state index is 5.74. The molecule has 0 bridgehead atoms. The lowest BCUT2D eigenvalue weighted by molar-refractivity contribution is -0.0702. The highest BCUT2D eigenvalue weighted by atomic mass is 16.5. The number of hydrogen-bond acceptors (Lipinski definition) is 3. The zero-order valence-electron chi connectivity index (χ0n) is 9.37. The molecule has 0 aliphatic carbocycles.